The molecule has 2 rings (SSSR count). The molecule has 6 nitrogen and oxygen atoms in total. The molecule has 1 amide bonds. The molecule has 1 aromatic carbocycles. The molecule has 0 bridgehead atoms. The topological polar surface area (TPSA) is 75.7 Å². The van der Waals surface area contributed by atoms with E-state index in [-0.39, 0.29) is 29.5 Å². The van der Waals surface area contributed by atoms with Crippen LogP contribution in [0.3, 0.4) is 0 Å². The number of ether oxygens (including phenoxy) is 1. The Labute approximate surface area is 163 Å². The molecule has 1 saturated heterocycles. The quantitative estimate of drug-likeness (QED) is 0.719. The molecule has 1 heterocycles. The summed E-state index contributed by atoms with van der Waals surface area (Å²) in [6.07, 6.45) is 1.43. The zero-order valence-electron chi connectivity index (χ0n) is 16.8. The van der Waals surface area contributed by atoms with Gasteiger partial charge in [-0.3, -0.25) is 4.79 Å². The van der Waals surface area contributed by atoms with Gasteiger partial charge in [0.15, 0.2) is 0 Å². The van der Waals surface area contributed by atoms with Gasteiger partial charge in [-0.1, -0.05) is 39.0 Å². The molecule has 0 saturated carbocycles. The Kier molecular flexibility index (Phi) is 7.28. The molecule has 7 heteroatoms. The first-order valence-electron chi connectivity index (χ1n) is 9.63. The molecule has 1 atom stereocenters. The fourth-order valence-corrected chi connectivity index (χ4v) is 4.46. The van der Waals surface area contributed by atoms with E-state index in [0.717, 1.165) is 17.7 Å². The maximum Gasteiger partial charge on any atom is 0.224 e. The molecule has 1 aromatic rings. The first kappa shape index (κ1) is 21.7. The number of para-hydroxylation sites is 1. The number of hydrogen-bond acceptors (Lipinski definition) is 4. The van der Waals surface area contributed by atoms with Crippen LogP contribution in [0.4, 0.5) is 0 Å². The Balaban J connectivity index is 1.83. The Hall–Kier alpha value is -1.60. The normalized spacial score (nSPS) is 18.9. The summed E-state index contributed by atoms with van der Waals surface area (Å²) in [5.74, 6) is 0.514. The van der Waals surface area contributed by atoms with Crippen molar-refractivity contribution in [1.29, 1.82) is 0 Å². The van der Waals surface area contributed by atoms with Gasteiger partial charge in [0.25, 0.3) is 0 Å². The first-order valence-corrected chi connectivity index (χ1v) is 11.2. The van der Waals surface area contributed by atoms with Gasteiger partial charge in [-0.2, -0.15) is 0 Å². The van der Waals surface area contributed by atoms with Gasteiger partial charge in [0.1, 0.15) is 12.4 Å². The van der Waals surface area contributed by atoms with Crippen LogP contribution in [-0.2, 0) is 20.2 Å². The van der Waals surface area contributed by atoms with E-state index < -0.39 is 10.0 Å². The van der Waals surface area contributed by atoms with Crippen molar-refractivity contribution >= 4 is 15.9 Å². The van der Waals surface area contributed by atoms with Crippen LogP contribution in [0.1, 0.15) is 46.1 Å². The van der Waals surface area contributed by atoms with Gasteiger partial charge in [-0.15, -0.1) is 0 Å². The Morgan fingerprint density at radius 2 is 2.00 bits per heavy atom. The summed E-state index contributed by atoms with van der Waals surface area (Å²) < 4.78 is 31.4. The molecule has 0 aromatic heterocycles. The highest BCUT2D eigenvalue weighted by atomic mass is 32.2. The summed E-state index contributed by atoms with van der Waals surface area (Å²) in [7, 11) is -3.24. The highest BCUT2D eigenvalue weighted by molar-refractivity contribution is 7.89. The number of sulfonamides is 1. The Morgan fingerprint density at radius 1 is 1.30 bits per heavy atom. The number of hydrogen-bond donors (Lipinski definition) is 1. The van der Waals surface area contributed by atoms with Gasteiger partial charge in [0.05, 0.1) is 18.2 Å². The lowest BCUT2D eigenvalue weighted by Crippen LogP contribution is -2.46. The second kappa shape index (κ2) is 9.06. The third kappa shape index (κ3) is 5.94. The summed E-state index contributed by atoms with van der Waals surface area (Å²) in [5.41, 5.74) is 1.11. The average Bonchev–Trinajstić information content (AvgIpc) is 2.64. The van der Waals surface area contributed by atoms with Gasteiger partial charge in [0, 0.05) is 13.1 Å². The lowest BCUT2D eigenvalue weighted by atomic mass is 9.86. The Bertz CT molecular complexity index is 741. The lowest BCUT2D eigenvalue weighted by Gasteiger charge is -2.30. The molecule has 0 radical (unpaired) electrons. The van der Waals surface area contributed by atoms with Gasteiger partial charge in [-0.05, 0) is 36.8 Å². The van der Waals surface area contributed by atoms with Crippen LogP contribution in [-0.4, -0.2) is 50.6 Å². The van der Waals surface area contributed by atoms with Crippen LogP contribution in [0.25, 0.3) is 0 Å². The smallest absolute Gasteiger partial charge is 0.224 e. The monoisotopic (exact) mass is 396 g/mol. The average molecular weight is 397 g/mol. The molecular weight excluding hydrogens is 364 g/mol. The van der Waals surface area contributed by atoms with Crippen molar-refractivity contribution in [3.8, 4) is 5.75 Å². The summed E-state index contributed by atoms with van der Waals surface area (Å²) >= 11 is 0. The van der Waals surface area contributed by atoms with Gasteiger partial charge in [0.2, 0.25) is 15.9 Å². The van der Waals surface area contributed by atoms with Crippen molar-refractivity contribution in [3.63, 3.8) is 0 Å². The molecule has 1 aliphatic rings. The molecule has 27 heavy (non-hydrogen) atoms. The fourth-order valence-electron chi connectivity index (χ4n) is 3.28. The number of benzene rings is 1. The number of nitrogens with zero attached hydrogens (tertiary/aromatic N) is 1. The van der Waals surface area contributed by atoms with Gasteiger partial charge < -0.3 is 10.1 Å². The number of carbonyl (C=O) groups is 1. The van der Waals surface area contributed by atoms with Crippen molar-refractivity contribution < 1.29 is 17.9 Å². The van der Waals surface area contributed by atoms with Crippen molar-refractivity contribution in [2.24, 2.45) is 5.92 Å². The molecule has 1 unspecified atom stereocenters. The predicted molar refractivity (Wildman–Crippen MR) is 107 cm³/mol. The van der Waals surface area contributed by atoms with Gasteiger partial charge >= 0.3 is 0 Å². The highest BCUT2D eigenvalue weighted by Gasteiger charge is 2.31. The molecule has 1 aliphatic heterocycles. The van der Waals surface area contributed by atoms with E-state index in [1.165, 1.54) is 4.31 Å². The zero-order valence-corrected chi connectivity index (χ0v) is 17.6. The number of nitrogens with one attached hydrogen (secondary N) is 1. The SMILES string of the molecule is CCS(=O)(=O)N1CCCC(C(=O)NCCOc2ccccc2C(C)(C)C)C1. The molecule has 1 N–H and O–H groups in total. The van der Waals surface area contributed by atoms with E-state index in [1.54, 1.807) is 6.92 Å². The molecule has 1 fully saturated rings. The van der Waals surface area contributed by atoms with Crippen LogP contribution >= 0.6 is 0 Å². The maximum atomic E-state index is 12.4. The lowest BCUT2D eigenvalue weighted by molar-refractivity contribution is -0.126. The molecule has 0 aliphatic carbocycles. The standard InChI is InChI=1S/C20H32N2O4S/c1-5-27(24,25)22-13-8-9-16(15-22)19(23)21-12-14-26-18-11-7-6-10-17(18)20(2,3)4/h6-7,10-11,16H,5,8-9,12-15H2,1-4H3,(H,21,23). The molecule has 0 spiro atoms. The fraction of sp³-hybridized carbons (Fsp3) is 0.650. The zero-order chi connectivity index (χ0) is 20.1. The summed E-state index contributed by atoms with van der Waals surface area (Å²) in [4.78, 5) is 12.4. The first-order chi connectivity index (χ1) is 12.6. The van der Waals surface area contributed by atoms with E-state index in [4.69, 9.17) is 4.74 Å². The van der Waals surface area contributed by atoms with E-state index >= 15 is 0 Å². The van der Waals surface area contributed by atoms with E-state index in [9.17, 15) is 13.2 Å². The largest absolute Gasteiger partial charge is 0.491 e. The minimum absolute atomic E-state index is 0.0177. The maximum absolute atomic E-state index is 12.4. The number of piperidine rings is 1. The third-order valence-corrected chi connectivity index (χ3v) is 6.72. The summed E-state index contributed by atoms with van der Waals surface area (Å²) in [6, 6.07) is 7.93. The van der Waals surface area contributed by atoms with Crippen LogP contribution in [0.15, 0.2) is 24.3 Å². The third-order valence-electron chi connectivity index (χ3n) is 4.87. The number of carbonyl (C=O) groups excluding carboxylic acids is 1. The van der Waals surface area contributed by atoms with Crippen molar-refractivity contribution in [2.45, 2.75) is 46.0 Å². The summed E-state index contributed by atoms with van der Waals surface area (Å²) in [6.45, 7) is 9.59. The Morgan fingerprint density at radius 3 is 2.67 bits per heavy atom. The van der Waals surface area contributed by atoms with E-state index in [2.05, 4.69) is 32.2 Å². The second-order valence-corrected chi connectivity index (χ2v) is 10.2. The van der Waals surface area contributed by atoms with E-state index in [1.807, 2.05) is 18.2 Å². The molecule has 152 valence electrons. The van der Waals surface area contributed by atoms with Crippen molar-refractivity contribution in [1.82, 2.24) is 9.62 Å². The number of amides is 1. The minimum Gasteiger partial charge on any atom is -0.491 e. The van der Waals surface area contributed by atoms with Crippen molar-refractivity contribution in [3.05, 3.63) is 29.8 Å². The van der Waals surface area contributed by atoms with Crippen LogP contribution in [0, 0.1) is 5.92 Å². The predicted octanol–water partition coefficient (Wildman–Crippen LogP) is 2.54. The van der Waals surface area contributed by atoms with Crippen molar-refractivity contribution in [2.75, 3.05) is 32.0 Å². The van der Waals surface area contributed by atoms with E-state index in [0.29, 0.717) is 26.1 Å². The highest BCUT2D eigenvalue weighted by Crippen LogP contribution is 2.30. The second-order valence-electron chi connectivity index (χ2n) is 7.98. The van der Waals surface area contributed by atoms with Crippen LogP contribution in [0.5, 0.6) is 5.75 Å². The molecular formula is C20H32N2O4S. The summed E-state index contributed by atoms with van der Waals surface area (Å²) in [5, 5.41) is 2.89. The van der Waals surface area contributed by atoms with Gasteiger partial charge in [-0.25, -0.2) is 12.7 Å². The minimum atomic E-state index is -3.24. The van der Waals surface area contributed by atoms with Crippen LogP contribution in [0.2, 0.25) is 0 Å². The number of rotatable bonds is 7. The van der Waals surface area contributed by atoms with Crippen LogP contribution < -0.4 is 10.1 Å².